The Kier molecular flexibility index (Phi) is 6.51. The molecule has 1 aliphatic heterocycles. The second kappa shape index (κ2) is 9.25. The van der Waals surface area contributed by atoms with Gasteiger partial charge in [-0.05, 0) is 18.6 Å². The van der Waals surface area contributed by atoms with Crippen LogP contribution in [-0.2, 0) is 18.3 Å². The van der Waals surface area contributed by atoms with Crippen molar-refractivity contribution in [3.63, 3.8) is 0 Å². The maximum atomic E-state index is 12.7. The van der Waals surface area contributed by atoms with Gasteiger partial charge in [-0.25, -0.2) is 0 Å². The number of carbonyl (C=O) groups is 1. The Bertz CT molecular complexity index is 752. The van der Waals surface area contributed by atoms with Gasteiger partial charge in [-0.3, -0.25) is 14.5 Å². The zero-order valence-corrected chi connectivity index (χ0v) is 16.1. The minimum Gasteiger partial charge on any atom is -0.469 e. The van der Waals surface area contributed by atoms with Crippen LogP contribution in [0.25, 0.3) is 0 Å². The fourth-order valence-corrected chi connectivity index (χ4v) is 3.04. The molecular formula is C19H28N6O2. The zero-order valence-electron chi connectivity index (χ0n) is 16.1. The summed E-state index contributed by atoms with van der Waals surface area (Å²) in [6, 6.07) is 3.85. The van der Waals surface area contributed by atoms with Crippen LogP contribution in [0.5, 0.6) is 0 Å². The summed E-state index contributed by atoms with van der Waals surface area (Å²) in [4.78, 5) is 21.2. The number of guanidine groups is 1. The minimum atomic E-state index is 0.0604. The van der Waals surface area contributed by atoms with E-state index in [4.69, 9.17) is 9.41 Å². The summed E-state index contributed by atoms with van der Waals surface area (Å²) in [5.74, 6) is 1.80. The van der Waals surface area contributed by atoms with Crippen LogP contribution in [0.15, 0.2) is 40.2 Å². The molecule has 2 aromatic rings. The van der Waals surface area contributed by atoms with E-state index in [0.29, 0.717) is 13.1 Å². The van der Waals surface area contributed by atoms with Gasteiger partial charge in [0.15, 0.2) is 5.96 Å². The Hall–Kier alpha value is -2.77. The summed E-state index contributed by atoms with van der Waals surface area (Å²) < 4.78 is 7.09. The van der Waals surface area contributed by atoms with Crippen LogP contribution in [0, 0.1) is 0 Å². The molecule has 1 N–H and O–H groups in total. The Morgan fingerprint density at radius 1 is 1.41 bits per heavy atom. The highest BCUT2D eigenvalue weighted by molar-refractivity contribution is 5.98. The molecule has 0 atom stereocenters. The first kappa shape index (κ1) is 19.0. The first-order valence-corrected chi connectivity index (χ1v) is 9.52. The Balaban J connectivity index is 1.60. The predicted molar refractivity (Wildman–Crippen MR) is 105 cm³/mol. The highest BCUT2D eigenvalue weighted by Gasteiger charge is 2.27. The van der Waals surface area contributed by atoms with Crippen LogP contribution in [0.4, 0.5) is 5.69 Å². The van der Waals surface area contributed by atoms with Crippen molar-refractivity contribution in [1.29, 1.82) is 0 Å². The summed E-state index contributed by atoms with van der Waals surface area (Å²) in [5, 5.41) is 7.55. The van der Waals surface area contributed by atoms with Crippen molar-refractivity contribution >= 4 is 17.6 Å². The molecule has 1 amide bonds. The number of rotatable bonds is 7. The highest BCUT2D eigenvalue weighted by Crippen LogP contribution is 2.16. The van der Waals surface area contributed by atoms with Gasteiger partial charge in [0.2, 0.25) is 5.91 Å². The number of aliphatic imine (C=N–C) groups is 1. The van der Waals surface area contributed by atoms with Gasteiger partial charge in [-0.15, -0.1) is 0 Å². The van der Waals surface area contributed by atoms with Crippen LogP contribution >= 0.6 is 0 Å². The lowest BCUT2D eigenvalue weighted by Gasteiger charge is -2.35. The molecule has 1 fully saturated rings. The van der Waals surface area contributed by atoms with Gasteiger partial charge < -0.3 is 19.5 Å². The van der Waals surface area contributed by atoms with Gasteiger partial charge in [-0.1, -0.05) is 13.3 Å². The second-order valence-corrected chi connectivity index (χ2v) is 6.65. The molecule has 8 nitrogen and oxygen atoms in total. The average molecular weight is 372 g/mol. The molecule has 27 heavy (non-hydrogen) atoms. The number of furan rings is 1. The summed E-state index contributed by atoms with van der Waals surface area (Å²) in [6.45, 7) is 5.30. The summed E-state index contributed by atoms with van der Waals surface area (Å²) in [7, 11) is 1.85. The molecule has 0 aromatic carbocycles. The first-order valence-electron chi connectivity index (χ1n) is 9.52. The number of aryl methyl sites for hydroxylation is 1. The quantitative estimate of drug-likeness (QED) is 0.454. The molecule has 0 aliphatic carbocycles. The number of hydrogen-bond acceptors (Lipinski definition) is 4. The predicted octanol–water partition coefficient (Wildman–Crippen LogP) is 1.65. The zero-order chi connectivity index (χ0) is 19.1. The number of carbonyl (C=O) groups excluding carboxylic acids is 1. The lowest BCUT2D eigenvalue weighted by atomic mass is 10.3. The van der Waals surface area contributed by atoms with Crippen molar-refractivity contribution in [3.8, 4) is 0 Å². The van der Waals surface area contributed by atoms with E-state index in [1.807, 2.05) is 30.3 Å². The lowest BCUT2D eigenvalue weighted by molar-refractivity contribution is -0.120. The van der Waals surface area contributed by atoms with Crippen LogP contribution in [0.3, 0.4) is 0 Å². The molecule has 0 saturated carbocycles. The molecule has 8 heteroatoms. The molecule has 3 rings (SSSR count). The highest BCUT2D eigenvalue weighted by atomic mass is 16.3. The number of nitrogens with one attached hydrogen (secondary N) is 1. The third-order valence-corrected chi connectivity index (χ3v) is 4.53. The van der Waals surface area contributed by atoms with E-state index in [9.17, 15) is 4.79 Å². The summed E-state index contributed by atoms with van der Waals surface area (Å²) in [5.41, 5.74) is 0.845. The number of amides is 1. The van der Waals surface area contributed by atoms with E-state index < -0.39 is 0 Å². The van der Waals surface area contributed by atoms with Crippen molar-refractivity contribution < 1.29 is 9.21 Å². The van der Waals surface area contributed by atoms with Crippen molar-refractivity contribution in [1.82, 2.24) is 20.0 Å². The SMILES string of the molecule is CCCCN=C(NCCc1ccco1)N1CCN(c2cnn(C)c2)C(=O)C1. The van der Waals surface area contributed by atoms with Crippen molar-refractivity contribution in [2.45, 2.75) is 26.2 Å². The van der Waals surface area contributed by atoms with Gasteiger partial charge in [0.1, 0.15) is 12.3 Å². The van der Waals surface area contributed by atoms with Gasteiger partial charge >= 0.3 is 0 Å². The molecule has 3 heterocycles. The van der Waals surface area contributed by atoms with E-state index in [1.165, 1.54) is 0 Å². The van der Waals surface area contributed by atoms with E-state index >= 15 is 0 Å². The fraction of sp³-hybridized carbons (Fsp3) is 0.526. The topological polar surface area (TPSA) is 78.9 Å². The number of piperazine rings is 1. The van der Waals surface area contributed by atoms with Crippen LogP contribution in [-0.4, -0.2) is 59.3 Å². The molecule has 1 saturated heterocycles. The Morgan fingerprint density at radius 3 is 2.96 bits per heavy atom. The van der Waals surface area contributed by atoms with E-state index in [-0.39, 0.29) is 5.91 Å². The Labute approximate surface area is 159 Å². The number of unbranched alkanes of at least 4 members (excludes halogenated alkanes) is 1. The molecule has 0 bridgehead atoms. The van der Waals surface area contributed by atoms with Crippen molar-refractivity contribution in [2.75, 3.05) is 37.6 Å². The number of nitrogens with zero attached hydrogens (tertiary/aromatic N) is 5. The third kappa shape index (κ3) is 5.12. The summed E-state index contributed by atoms with van der Waals surface area (Å²) >= 11 is 0. The van der Waals surface area contributed by atoms with Gasteiger partial charge in [0.25, 0.3) is 0 Å². The van der Waals surface area contributed by atoms with Gasteiger partial charge in [0.05, 0.1) is 18.1 Å². The number of anilines is 1. The molecular weight excluding hydrogens is 344 g/mol. The fourth-order valence-electron chi connectivity index (χ4n) is 3.04. The monoisotopic (exact) mass is 372 g/mol. The molecule has 1 aliphatic rings. The normalized spacial score (nSPS) is 15.5. The molecule has 0 radical (unpaired) electrons. The van der Waals surface area contributed by atoms with Crippen molar-refractivity contribution in [2.24, 2.45) is 12.0 Å². The summed E-state index contributed by atoms with van der Waals surface area (Å²) in [6.07, 6.45) is 8.19. The number of aromatic nitrogens is 2. The van der Waals surface area contributed by atoms with Gasteiger partial charge in [0, 0.05) is 45.8 Å². The van der Waals surface area contributed by atoms with Crippen LogP contribution in [0.1, 0.15) is 25.5 Å². The average Bonchev–Trinajstić information content (AvgIpc) is 3.32. The standard InChI is InChI=1S/C19H28N6O2/c1-3-4-8-20-19(21-9-7-17-6-5-12-27-17)24-10-11-25(18(26)15-24)16-13-22-23(2)14-16/h5-6,12-14H,3-4,7-11,15H2,1-2H3,(H,20,21). The van der Waals surface area contributed by atoms with Crippen molar-refractivity contribution in [3.05, 3.63) is 36.5 Å². The molecule has 146 valence electrons. The van der Waals surface area contributed by atoms with Crippen LogP contribution < -0.4 is 10.2 Å². The second-order valence-electron chi connectivity index (χ2n) is 6.65. The minimum absolute atomic E-state index is 0.0604. The van der Waals surface area contributed by atoms with E-state index in [1.54, 1.807) is 22.0 Å². The number of hydrogen-bond donors (Lipinski definition) is 1. The smallest absolute Gasteiger partial charge is 0.246 e. The van der Waals surface area contributed by atoms with E-state index in [2.05, 4.69) is 17.3 Å². The van der Waals surface area contributed by atoms with Gasteiger partial charge in [-0.2, -0.15) is 5.10 Å². The van der Waals surface area contributed by atoms with E-state index in [0.717, 1.165) is 56.3 Å². The molecule has 0 spiro atoms. The van der Waals surface area contributed by atoms with Crippen LogP contribution in [0.2, 0.25) is 0 Å². The maximum Gasteiger partial charge on any atom is 0.246 e. The molecule has 2 aromatic heterocycles. The first-order chi connectivity index (χ1) is 13.2. The largest absolute Gasteiger partial charge is 0.469 e. The Morgan fingerprint density at radius 2 is 2.30 bits per heavy atom. The lowest BCUT2D eigenvalue weighted by Crippen LogP contribution is -2.55. The maximum absolute atomic E-state index is 12.7. The molecule has 0 unspecified atom stereocenters. The third-order valence-electron chi connectivity index (χ3n) is 4.53.